The molecule has 3 aliphatic rings. The van der Waals surface area contributed by atoms with Crippen LogP contribution in [0.4, 0.5) is 0 Å². The molecule has 1 aromatic carbocycles. The van der Waals surface area contributed by atoms with E-state index in [9.17, 15) is 9.90 Å². The molecule has 0 bridgehead atoms. The van der Waals surface area contributed by atoms with Crippen molar-refractivity contribution >= 4 is 5.78 Å². The van der Waals surface area contributed by atoms with E-state index in [2.05, 4.69) is 4.90 Å². The van der Waals surface area contributed by atoms with Gasteiger partial charge in [-0.1, -0.05) is 6.07 Å². The maximum absolute atomic E-state index is 13.5. The van der Waals surface area contributed by atoms with E-state index in [4.69, 9.17) is 14.2 Å². The number of hydrogen-bond acceptors (Lipinski definition) is 6. The van der Waals surface area contributed by atoms with Crippen LogP contribution >= 0.6 is 0 Å². The number of fused-ring (bicyclic) bond motifs is 1. The van der Waals surface area contributed by atoms with Crippen molar-refractivity contribution in [2.45, 2.75) is 36.3 Å². The van der Waals surface area contributed by atoms with E-state index in [0.29, 0.717) is 30.1 Å². The summed E-state index contributed by atoms with van der Waals surface area (Å²) in [6, 6.07) is 3.72. The van der Waals surface area contributed by atoms with E-state index >= 15 is 0 Å². The van der Waals surface area contributed by atoms with Crippen molar-refractivity contribution in [2.24, 2.45) is 0 Å². The van der Waals surface area contributed by atoms with E-state index < -0.39 is 17.1 Å². The molecular formula is C20H25NO5. The first kappa shape index (κ1) is 17.4. The molecular weight excluding hydrogens is 334 g/mol. The van der Waals surface area contributed by atoms with Gasteiger partial charge in [0.1, 0.15) is 5.54 Å². The zero-order valence-electron chi connectivity index (χ0n) is 15.7. The molecule has 4 rings (SSSR count). The molecule has 2 aliphatic carbocycles. The molecule has 3 atom stereocenters. The summed E-state index contributed by atoms with van der Waals surface area (Å²) < 4.78 is 16.6. The second-order valence-corrected chi connectivity index (χ2v) is 7.40. The lowest BCUT2D eigenvalue weighted by atomic mass is 9.53. The number of benzene rings is 1. The molecule has 0 saturated carbocycles. The highest BCUT2D eigenvalue weighted by molar-refractivity contribution is 6.04. The number of aliphatic hydroxyl groups excluding tert-OH is 1. The van der Waals surface area contributed by atoms with Crippen LogP contribution in [0.3, 0.4) is 0 Å². The number of methoxy groups -OCH3 is 3. The van der Waals surface area contributed by atoms with Gasteiger partial charge >= 0.3 is 0 Å². The topological polar surface area (TPSA) is 68.2 Å². The summed E-state index contributed by atoms with van der Waals surface area (Å²) in [5.74, 6) is 1.56. The Balaban J connectivity index is 2.07. The van der Waals surface area contributed by atoms with Gasteiger partial charge in [-0.3, -0.25) is 9.69 Å². The van der Waals surface area contributed by atoms with Crippen LogP contribution in [0.5, 0.6) is 11.5 Å². The predicted molar refractivity (Wildman–Crippen MR) is 95.5 cm³/mol. The average molecular weight is 359 g/mol. The Hall–Kier alpha value is -2.05. The van der Waals surface area contributed by atoms with Gasteiger partial charge < -0.3 is 19.3 Å². The summed E-state index contributed by atoms with van der Waals surface area (Å²) in [6.45, 7) is 0.767. The fourth-order valence-corrected chi connectivity index (χ4v) is 5.50. The van der Waals surface area contributed by atoms with E-state index in [1.165, 1.54) is 7.11 Å². The quantitative estimate of drug-likeness (QED) is 0.890. The summed E-state index contributed by atoms with van der Waals surface area (Å²) in [7, 11) is 6.70. The highest BCUT2D eigenvalue weighted by Gasteiger charge is 2.68. The smallest absolute Gasteiger partial charge is 0.218 e. The van der Waals surface area contributed by atoms with E-state index in [1.807, 2.05) is 25.3 Å². The Kier molecular flexibility index (Phi) is 3.82. The van der Waals surface area contributed by atoms with E-state index in [-0.39, 0.29) is 5.78 Å². The third-order valence-electron chi connectivity index (χ3n) is 6.68. The molecule has 140 valence electrons. The zero-order valence-corrected chi connectivity index (χ0v) is 15.7. The van der Waals surface area contributed by atoms with Gasteiger partial charge in [0, 0.05) is 17.4 Å². The van der Waals surface area contributed by atoms with Crippen molar-refractivity contribution < 1.29 is 24.1 Å². The van der Waals surface area contributed by atoms with Crippen LogP contribution in [0.1, 0.15) is 36.5 Å². The highest BCUT2D eigenvalue weighted by Crippen LogP contribution is 2.63. The fraction of sp³-hybridized carbons (Fsp3) is 0.550. The molecule has 1 aromatic rings. The predicted octanol–water partition coefficient (Wildman–Crippen LogP) is 1.96. The Bertz CT molecular complexity index is 804. The van der Waals surface area contributed by atoms with Gasteiger partial charge in [-0.25, -0.2) is 0 Å². The largest absolute Gasteiger partial charge is 0.493 e. The lowest BCUT2D eigenvalue weighted by molar-refractivity contribution is -0.136. The van der Waals surface area contributed by atoms with Crippen molar-refractivity contribution in [2.75, 3.05) is 34.9 Å². The molecule has 1 aliphatic heterocycles. The number of carbonyl (C=O) groups is 1. The average Bonchev–Trinajstić information content (AvgIpc) is 2.96. The SMILES string of the molecule is COC1=CCC23CCN(C)C2(CC(O)c2ccc(OC)c(OC)c23)C1=O. The minimum atomic E-state index is -0.834. The number of likely N-dealkylation sites (tertiary alicyclic amines) is 1. The first-order valence-electron chi connectivity index (χ1n) is 8.90. The number of ketones is 1. The Morgan fingerprint density at radius 1 is 1.19 bits per heavy atom. The molecule has 1 N–H and O–H groups in total. The Labute approximate surface area is 153 Å². The fourth-order valence-electron chi connectivity index (χ4n) is 5.50. The number of aliphatic hydroxyl groups is 1. The third-order valence-corrected chi connectivity index (χ3v) is 6.68. The second-order valence-electron chi connectivity index (χ2n) is 7.40. The van der Waals surface area contributed by atoms with Crippen LogP contribution in [-0.4, -0.2) is 56.3 Å². The molecule has 0 spiro atoms. The monoisotopic (exact) mass is 359 g/mol. The second kappa shape index (κ2) is 5.72. The van der Waals surface area contributed by atoms with Crippen molar-refractivity contribution in [3.8, 4) is 11.5 Å². The first-order valence-corrected chi connectivity index (χ1v) is 8.90. The third kappa shape index (κ3) is 1.81. The van der Waals surface area contributed by atoms with Crippen molar-refractivity contribution in [3.63, 3.8) is 0 Å². The number of hydrogen-bond donors (Lipinski definition) is 1. The van der Waals surface area contributed by atoms with Crippen molar-refractivity contribution in [1.82, 2.24) is 4.90 Å². The summed E-state index contributed by atoms with van der Waals surface area (Å²) in [5.41, 5.74) is 0.437. The lowest BCUT2D eigenvalue weighted by Gasteiger charge is -2.54. The molecule has 1 saturated heterocycles. The Morgan fingerprint density at radius 3 is 2.62 bits per heavy atom. The van der Waals surface area contributed by atoms with Gasteiger partial charge in [0.15, 0.2) is 17.3 Å². The number of allylic oxidation sites excluding steroid dienone is 1. The van der Waals surface area contributed by atoms with Gasteiger partial charge in [0.25, 0.3) is 0 Å². The molecule has 3 unspecified atom stereocenters. The summed E-state index contributed by atoms with van der Waals surface area (Å²) in [5, 5.41) is 11.0. The number of Topliss-reactive ketones (excluding diaryl/α,β-unsaturated/α-hetero) is 1. The molecule has 6 nitrogen and oxygen atoms in total. The molecule has 0 radical (unpaired) electrons. The van der Waals surface area contributed by atoms with E-state index in [1.54, 1.807) is 14.2 Å². The number of ether oxygens (including phenoxy) is 3. The molecule has 1 heterocycles. The number of carbonyl (C=O) groups excluding carboxylic acids is 1. The van der Waals surface area contributed by atoms with Gasteiger partial charge in [0.05, 0.1) is 27.4 Å². The van der Waals surface area contributed by atoms with Crippen molar-refractivity contribution in [3.05, 3.63) is 35.1 Å². The van der Waals surface area contributed by atoms with Crippen LogP contribution in [0.25, 0.3) is 0 Å². The number of likely N-dealkylation sites (N-methyl/N-ethyl adjacent to an activating group) is 1. The lowest BCUT2D eigenvalue weighted by Crippen LogP contribution is -2.65. The summed E-state index contributed by atoms with van der Waals surface area (Å²) in [6.07, 6.45) is 2.96. The zero-order chi connectivity index (χ0) is 18.7. The first-order chi connectivity index (χ1) is 12.5. The van der Waals surface area contributed by atoms with Crippen LogP contribution < -0.4 is 9.47 Å². The molecule has 26 heavy (non-hydrogen) atoms. The van der Waals surface area contributed by atoms with Gasteiger partial charge in [-0.05, 0) is 44.1 Å². The minimum Gasteiger partial charge on any atom is -0.493 e. The summed E-state index contributed by atoms with van der Waals surface area (Å²) >= 11 is 0. The van der Waals surface area contributed by atoms with E-state index in [0.717, 1.165) is 24.1 Å². The van der Waals surface area contributed by atoms with Crippen molar-refractivity contribution in [1.29, 1.82) is 0 Å². The number of rotatable bonds is 3. The normalized spacial score (nSPS) is 33.0. The molecule has 0 aromatic heterocycles. The van der Waals surface area contributed by atoms with Crippen LogP contribution in [0, 0.1) is 0 Å². The summed E-state index contributed by atoms with van der Waals surface area (Å²) in [4.78, 5) is 15.6. The Morgan fingerprint density at radius 2 is 1.96 bits per heavy atom. The van der Waals surface area contributed by atoms with Gasteiger partial charge in [-0.2, -0.15) is 0 Å². The maximum atomic E-state index is 13.5. The van der Waals surface area contributed by atoms with Crippen LogP contribution in [0.2, 0.25) is 0 Å². The van der Waals surface area contributed by atoms with Crippen LogP contribution in [-0.2, 0) is 14.9 Å². The molecule has 6 heteroatoms. The highest BCUT2D eigenvalue weighted by atomic mass is 16.5. The maximum Gasteiger partial charge on any atom is 0.218 e. The van der Waals surface area contributed by atoms with Gasteiger partial charge in [0.2, 0.25) is 5.78 Å². The molecule has 1 fully saturated rings. The number of nitrogens with zero attached hydrogens (tertiary/aromatic N) is 1. The van der Waals surface area contributed by atoms with Gasteiger partial charge in [-0.15, -0.1) is 0 Å². The standard InChI is InChI=1S/C20H25NO5/c1-21-10-9-19-8-7-15(25-3)18(23)20(19,21)11-13(22)12-5-6-14(24-2)17(26-4)16(12)19/h5-7,13,22H,8-11H2,1-4H3. The molecule has 0 amide bonds. The minimum absolute atomic E-state index is 0.0548. The van der Waals surface area contributed by atoms with Crippen LogP contribution in [0.15, 0.2) is 24.0 Å².